The van der Waals surface area contributed by atoms with Crippen molar-refractivity contribution in [1.29, 1.82) is 5.26 Å². The molecule has 0 aliphatic heterocycles. The molecule has 0 aliphatic carbocycles. The summed E-state index contributed by atoms with van der Waals surface area (Å²) in [5.41, 5.74) is 0.956. The Labute approximate surface area is 198 Å². The zero-order valence-electron chi connectivity index (χ0n) is 18.9. The number of rotatable bonds is 6. The van der Waals surface area contributed by atoms with Crippen molar-refractivity contribution < 1.29 is 22.8 Å². The SMILES string of the molecule is Cc1cc(C)n(CC(=O)Nc2ccc(C(=O)NCc3ccc(C(F)(F)F)cc3)cc2)c(=O)c1C#N. The molecule has 0 spiro atoms. The van der Waals surface area contributed by atoms with E-state index in [1.807, 2.05) is 6.07 Å². The second-order valence-corrected chi connectivity index (χ2v) is 7.85. The van der Waals surface area contributed by atoms with Crippen molar-refractivity contribution in [3.05, 3.63) is 98.5 Å². The second kappa shape index (κ2) is 10.3. The number of nitrogens with zero attached hydrogens (tertiary/aromatic N) is 2. The average Bonchev–Trinajstić information content (AvgIpc) is 2.80. The molecular formula is C25H21F3N4O3. The number of amides is 2. The Morgan fingerprint density at radius 1 is 1.03 bits per heavy atom. The van der Waals surface area contributed by atoms with E-state index in [1.165, 1.54) is 41.0 Å². The van der Waals surface area contributed by atoms with Crippen LogP contribution in [0.3, 0.4) is 0 Å². The average molecular weight is 482 g/mol. The number of nitrogens with one attached hydrogen (secondary N) is 2. The van der Waals surface area contributed by atoms with Crippen LogP contribution in [0.2, 0.25) is 0 Å². The monoisotopic (exact) mass is 482 g/mol. The molecule has 0 aliphatic rings. The Bertz CT molecular complexity index is 1350. The zero-order valence-corrected chi connectivity index (χ0v) is 18.9. The van der Waals surface area contributed by atoms with Crippen molar-refractivity contribution in [2.24, 2.45) is 0 Å². The number of aryl methyl sites for hydroxylation is 2. The molecule has 1 aromatic heterocycles. The highest BCUT2D eigenvalue weighted by Gasteiger charge is 2.29. The number of pyridine rings is 1. The van der Waals surface area contributed by atoms with Crippen molar-refractivity contribution >= 4 is 17.5 Å². The zero-order chi connectivity index (χ0) is 25.8. The number of hydrogen-bond donors (Lipinski definition) is 2. The van der Waals surface area contributed by atoms with Crippen LogP contribution in [-0.2, 0) is 24.1 Å². The van der Waals surface area contributed by atoms with Crippen LogP contribution in [0, 0.1) is 25.2 Å². The largest absolute Gasteiger partial charge is 0.416 e. The van der Waals surface area contributed by atoms with Crippen LogP contribution in [0.15, 0.2) is 59.4 Å². The highest BCUT2D eigenvalue weighted by Crippen LogP contribution is 2.29. The van der Waals surface area contributed by atoms with E-state index in [9.17, 15) is 27.6 Å². The van der Waals surface area contributed by atoms with Gasteiger partial charge < -0.3 is 15.2 Å². The lowest BCUT2D eigenvalue weighted by Crippen LogP contribution is -2.31. The van der Waals surface area contributed by atoms with Crippen LogP contribution in [0.4, 0.5) is 18.9 Å². The molecule has 1 heterocycles. The fourth-order valence-electron chi connectivity index (χ4n) is 3.40. The summed E-state index contributed by atoms with van der Waals surface area (Å²) >= 11 is 0. The smallest absolute Gasteiger partial charge is 0.348 e. The van der Waals surface area contributed by atoms with E-state index >= 15 is 0 Å². The predicted molar refractivity (Wildman–Crippen MR) is 123 cm³/mol. The first-order chi connectivity index (χ1) is 16.5. The number of carbonyl (C=O) groups excluding carboxylic acids is 2. The van der Waals surface area contributed by atoms with Crippen LogP contribution in [0.5, 0.6) is 0 Å². The highest BCUT2D eigenvalue weighted by molar-refractivity contribution is 5.95. The maximum Gasteiger partial charge on any atom is 0.416 e. The van der Waals surface area contributed by atoms with E-state index in [1.54, 1.807) is 19.9 Å². The van der Waals surface area contributed by atoms with Gasteiger partial charge in [0.2, 0.25) is 5.91 Å². The summed E-state index contributed by atoms with van der Waals surface area (Å²) in [7, 11) is 0. The molecule has 0 saturated heterocycles. The summed E-state index contributed by atoms with van der Waals surface area (Å²) in [5.74, 6) is -0.920. The summed E-state index contributed by atoms with van der Waals surface area (Å²) in [6.45, 7) is 3.08. The lowest BCUT2D eigenvalue weighted by molar-refractivity contribution is -0.137. The number of anilines is 1. The Hall–Kier alpha value is -4.39. The van der Waals surface area contributed by atoms with Crippen molar-refractivity contribution in [3.8, 4) is 6.07 Å². The minimum atomic E-state index is -4.42. The standard InChI is InChI=1S/C25H21F3N4O3/c1-15-11-16(2)32(24(35)21(15)12-29)14-22(33)31-20-9-5-18(6-10-20)23(34)30-13-17-3-7-19(8-4-17)25(26,27)28/h3-11H,13-14H2,1-2H3,(H,30,34)(H,31,33). The number of hydrogen-bond acceptors (Lipinski definition) is 4. The van der Waals surface area contributed by atoms with E-state index in [4.69, 9.17) is 5.26 Å². The van der Waals surface area contributed by atoms with Gasteiger partial charge in [-0.3, -0.25) is 14.4 Å². The number of aromatic nitrogens is 1. The Morgan fingerprint density at radius 2 is 1.66 bits per heavy atom. The van der Waals surface area contributed by atoms with Crippen LogP contribution in [0.1, 0.15) is 38.3 Å². The summed E-state index contributed by atoms with van der Waals surface area (Å²) in [6, 6.07) is 14.0. The van der Waals surface area contributed by atoms with Crippen molar-refractivity contribution in [2.75, 3.05) is 5.32 Å². The van der Waals surface area contributed by atoms with Gasteiger partial charge in [-0.2, -0.15) is 18.4 Å². The molecule has 0 bridgehead atoms. The molecule has 35 heavy (non-hydrogen) atoms. The van der Waals surface area contributed by atoms with Gasteiger partial charge in [0.05, 0.1) is 5.56 Å². The molecule has 10 heteroatoms. The van der Waals surface area contributed by atoms with Gasteiger partial charge in [0, 0.05) is 23.5 Å². The molecule has 3 aromatic rings. The van der Waals surface area contributed by atoms with Crippen molar-refractivity contribution in [2.45, 2.75) is 33.1 Å². The minimum absolute atomic E-state index is 0.0185. The topological polar surface area (TPSA) is 104 Å². The fraction of sp³-hybridized carbons (Fsp3) is 0.200. The molecule has 2 aromatic carbocycles. The van der Waals surface area contributed by atoms with Gasteiger partial charge in [-0.05, 0) is 67.4 Å². The molecule has 0 atom stereocenters. The molecule has 180 valence electrons. The maximum absolute atomic E-state index is 12.6. The van der Waals surface area contributed by atoms with Crippen molar-refractivity contribution in [1.82, 2.24) is 9.88 Å². The maximum atomic E-state index is 12.6. The summed E-state index contributed by atoms with van der Waals surface area (Å²) in [5, 5.41) is 14.4. The highest BCUT2D eigenvalue weighted by atomic mass is 19.4. The first-order valence-corrected chi connectivity index (χ1v) is 10.4. The third kappa shape index (κ3) is 6.14. The van der Waals surface area contributed by atoms with E-state index in [0.717, 1.165) is 12.1 Å². The van der Waals surface area contributed by atoms with Gasteiger partial charge in [0.1, 0.15) is 18.2 Å². The van der Waals surface area contributed by atoms with Crippen LogP contribution in [0.25, 0.3) is 0 Å². The lowest BCUT2D eigenvalue weighted by Gasteiger charge is -2.12. The van der Waals surface area contributed by atoms with Gasteiger partial charge in [-0.15, -0.1) is 0 Å². The Morgan fingerprint density at radius 3 is 2.23 bits per heavy atom. The normalized spacial score (nSPS) is 11.0. The molecule has 7 nitrogen and oxygen atoms in total. The third-order valence-electron chi connectivity index (χ3n) is 5.28. The van der Waals surface area contributed by atoms with E-state index < -0.39 is 29.1 Å². The molecule has 0 radical (unpaired) electrons. The molecular weight excluding hydrogens is 461 g/mol. The molecule has 2 amide bonds. The predicted octanol–water partition coefficient (Wildman–Crippen LogP) is 3.92. The van der Waals surface area contributed by atoms with Gasteiger partial charge in [0.25, 0.3) is 11.5 Å². The van der Waals surface area contributed by atoms with Gasteiger partial charge in [-0.25, -0.2) is 0 Å². The minimum Gasteiger partial charge on any atom is -0.348 e. The number of halogens is 3. The van der Waals surface area contributed by atoms with Gasteiger partial charge in [-0.1, -0.05) is 12.1 Å². The van der Waals surface area contributed by atoms with Crippen molar-refractivity contribution in [3.63, 3.8) is 0 Å². The second-order valence-electron chi connectivity index (χ2n) is 7.85. The summed E-state index contributed by atoms with van der Waals surface area (Å²) in [4.78, 5) is 37.2. The first-order valence-electron chi connectivity index (χ1n) is 10.4. The van der Waals surface area contributed by atoms with E-state index in [0.29, 0.717) is 28.1 Å². The van der Waals surface area contributed by atoms with Crippen LogP contribution in [-0.4, -0.2) is 16.4 Å². The number of alkyl halides is 3. The Kier molecular flexibility index (Phi) is 7.40. The Balaban J connectivity index is 1.59. The van der Waals surface area contributed by atoms with Crippen LogP contribution < -0.4 is 16.2 Å². The molecule has 2 N–H and O–H groups in total. The summed E-state index contributed by atoms with van der Waals surface area (Å²) < 4.78 is 39.1. The van der Waals surface area contributed by atoms with Crippen LogP contribution >= 0.6 is 0 Å². The first kappa shape index (κ1) is 25.2. The molecule has 0 fully saturated rings. The van der Waals surface area contributed by atoms with Gasteiger partial charge >= 0.3 is 6.18 Å². The molecule has 3 rings (SSSR count). The summed E-state index contributed by atoms with van der Waals surface area (Å²) in [6.07, 6.45) is -4.42. The quantitative estimate of drug-likeness (QED) is 0.556. The number of benzene rings is 2. The number of nitriles is 1. The lowest BCUT2D eigenvalue weighted by atomic mass is 10.1. The van der Waals surface area contributed by atoms with E-state index in [-0.39, 0.29) is 18.7 Å². The molecule has 0 saturated carbocycles. The van der Waals surface area contributed by atoms with Gasteiger partial charge in [0.15, 0.2) is 0 Å². The molecule has 0 unspecified atom stereocenters. The number of carbonyl (C=O) groups is 2. The van der Waals surface area contributed by atoms with E-state index in [2.05, 4.69) is 10.6 Å². The fourth-order valence-corrected chi connectivity index (χ4v) is 3.40. The third-order valence-corrected chi connectivity index (χ3v) is 5.28.